The lowest BCUT2D eigenvalue weighted by atomic mass is 10.2. The molecule has 1 amide bonds. The fraction of sp³-hybridized carbons (Fsp3) is 0.227. The van der Waals surface area contributed by atoms with Crippen LogP contribution in [-0.4, -0.2) is 34.5 Å². The van der Waals surface area contributed by atoms with Crippen molar-refractivity contribution in [3.8, 4) is 0 Å². The Hall–Kier alpha value is -3.10. The third-order valence-electron chi connectivity index (χ3n) is 4.60. The van der Waals surface area contributed by atoms with Crippen LogP contribution in [-0.2, 0) is 16.6 Å². The second kappa shape index (κ2) is 10.1. The molecule has 0 aliphatic carbocycles. The summed E-state index contributed by atoms with van der Waals surface area (Å²) in [5.41, 5.74) is 1.54. The van der Waals surface area contributed by atoms with Gasteiger partial charge in [0.25, 0.3) is 5.91 Å². The minimum atomic E-state index is -3.68. The molecule has 30 heavy (non-hydrogen) atoms. The van der Waals surface area contributed by atoms with Gasteiger partial charge in [-0.15, -0.1) is 0 Å². The van der Waals surface area contributed by atoms with E-state index in [2.05, 4.69) is 14.9 Å². The Labute approximate surface area is 176 Å². The average Bonchev–Trinajstić information content (AvgIpc) is 3.29. The van der Waals surface area contributed by atoms with Crippen molar-refractivity contribution in [2.24, 2.45) is 0 Å². The van der Waals surface area contributed by atoms with Gasteiger partial charge in [0.05, 0.1) is 17.7 Å². The Morgan fingerprint density at radius 1 is 1.00 bits per heavy atom. The van der Waals surface area contributed by atoms with Gasteiger partial charge in [-0.2, -0.15) is 0 Å². The number of benzene rings is 2. The number of hydrogen-bond acceptors (Lipinski definition) is 5. The van der Waals surface area contributed by atoms with Crippen molar-refractivity contribution in [2.45, 2.75) is 17.9 Å². The smallest absolute Gasteiger partial charge is 0.251 e. The number of hydrogen-bond donors (Lipinski definition) is 2. The third-order valence-corrected chi connectivity index (χ3v) is 6.01. The number of carbonyl (C=O) groups excluding carboxylic acids is 1. The molecule has 0 fully saturated rings. The second-order valence-corrected chi connectivity index (χ2v) is 8.56. The van der Waals surface area contributed by atoms with Crippen LogP contribution in [0.4, 0.5) is 5.69 Å². The monoisotopic (exact) mass is 427 g/mol. The lowest BCUT2D eigenvalue weighted by Gasteiger charge is -2.19. The van der Waals surface area contributed by atoms with Crippen LogP contribution in [0.3, 0.4) is 0 Å². The number of para-hydroxylation sites is 1. The van der Waals surface area contributed by atoms with E-state index < -0.39 is 10.0 Å². The molecule has 2 N–H and O–H groups in total. The molecule has 2 aromatic carbocycles. The van der Waals surface area contributed by atoms with Gasteiger partial charge >= 0.3 is 0 Å². The molecule has 0 radical (unpaired) electrons. The Kier molecular flexibility index (Phi) is 7.26. The van der Waals surface area contributed by atoms with Crippen LogP contribution in [0.25, 0.3) is 0 Å². The highest BCUT2D eigenvalue weighted by molar-refractivity contribution is 7.89. The van der Waals surface area contributed by atoms with E-state index in [1.54, 1.807) is 12.1 Å². The molecule has 0 saturated carbocycles. The van der Waals surface area contributed by atoms with E-state index in [1.165, 1.54) is 30.5 Å². The van der Waals surface area contributed by atoms with Gasteiger partial charge < -0.3 is 14.6 Å². The highest BCUT2D eigenvalue weighted by atomic mass is 32.2. The molecule has 3 aromatic rings. The van der Waals surface area contributed by atoms with E-state index in [1.807, 2.05) is 37.4 Å². The Bertz CT molecular complexity index is 1030. The summed E-state index contributed by atoms with van der Waals surface area (Å²) in [6, 6.07) is 19.3. The van der Waals surface area contributed by atoms with E-state index >= 15 is 0 Å². The summed E-state index contributed by atoms with van der Waals surface area (Å²) in [5, 5.41) is 2.86. The number of anilines is 1. The normalized spacial score (nSPS) is 11.2. The lowest BCUT2D eigenvalue weighted by molar-refractivity contribution is 0.0953. The van der Waals surface area contributed by atoms with Gasteiger partial charge in [0, 0.05) is 31.4 Å². The van der Waals surface area contributed by atoms with Gasteiger partial charge in [-0.1, -0.05) is 18.2 Å². The highest BCUT2D eigenvalue weighted by Crippen LogP contribution is 2.13. The molecule has 0 saturated heterocycles. The van der Waals surface area contributed by atoms with Crippen molar-refractivity contribution in [2.75, 3.05) is 25.0 Å². The van der Waals surface area contributed by atoms with Crippen molar-refractivity contribution >= 4 is 21.6 Å². The first-order valence-corrected chi connectivity index (χ1v) is 11.1. The number of amides is 1. The zero-order chi connectivity index (χ0) is 21.4. The molecule has 1 heterocycles. The molecule has 8 heteroatoms. The predicted octanol–water partition coefficient (Wildman–Crippen LogP) is 3.01. The van der Waals surface area contributed by atoms with E-state index in [0.29, 0.717) is 17.9 Å². The summed E-state index contributed by atoms with van der Waals surface area (Å²) in [5.74, 6) is 0.289. The van der Waals surface area contributed by atoms with Crippen molar-refractivity contribution < 1.29 is 17.6 Å². The molecule has 0 aliphatic rings. The first kappa shape index (κ1) is 21.6. The summed E-state index contributed by atoms with van der Waals surface area (Å²) < 4.78 is 32.3. The quantitative estimate of drug-likeness (QED) is 0.485. The molecule has 3 rings (SSSR count). The fourth-order valence-electron chi connectivity index (χ4n) is 2.88. The van der Waals surface area contributed by atoms with Crippen LogP contribution >= 0.6 is 0 Å². The van der Waals surface area contributed by atoms with E-state index in [4.69, 9.17) is 4.42 Å². The summed E-state index contributed by atoms with van der Waals surface area (Å²) >= 11 is 0. The van der Waals surface area contributed by atoms with Crippen molar-refractivity contribution in [3.05, 3.63) is 84.3 Å². The summed E-state index contributed by atoms with van der Waals surface area (Å²) in [6.07, 6.45) is 2.27. The van der Waals surface area contributed by atoms with E-state index in [0.717, 1.165) is 18.7 Å². The minimum Gasteiger partial charge on any atom is -0.468 e. The van der Waals surface area contributed by atoms with Gasteiger partial charge in [0.15, 0.2) is 0 Å². The number of nitrogens with zero attached hydrogens (tertiary/aromatic N) is 1. The Morgan fingerprint density at radius 3 is 2.40 bits per heavy atom. The van der Waals surface area contributed by atoms with Gasteiger partial charge in [0.1, 0.15) is 5.76 Å². The first-order valence-electron chi connectivity index (χ1n) is 9.62. The number of carbonyl (C=O) groups is 1. The van der Waals surface area contributed by atoms with Crippen molar-refractivity contribution in [1.82, 2.24) is 10.0 Å². The zero-order valence-electron chi connectivity index (χ0n) is 16.7. The van der Waals surface area contributed by atoms with Crippen LogP contribution < -0.4 is 14.9 Å². The summed E-state index contributed by atoms with van der Waals surface area (Å²) in [6.45, 7) is 1.40. The molecule has 0 atom stereocenters. The SMILES string of the molecule is CN(CCCNC(=O)c1ccc(S(=O)(=O)NCc2ccco2)cc1)c1ccccc1. The molecule has 0 spiro atoms. The van der Waals surface area contributed by atoms with Crippen LogP contribution in [0, 0.1) is 0 Å². The fourth-order valence-corrected chi connectivity index (χ4v) is 3.87. The van der Waals surface area contributed by atoms with Gasteiger partial charge in [-0.25, -0.2) is 13.1 Å². The first-order chi connectivity index (χ1) is 14.5. The van der Waals surface area contributed by atoms with Crippen LogP contribution in [0.15, 0.2) is 82.3 Å². The number of sulfonamides is 1. The predicted molar refractivity (Wildman–Crippen MR) is 116 cm³/mol. The topological polar surface area (TPSA) is 91.7 Å². The Morgan fingerprint density at radius 2 is 1.73 bits per heavy atom. The second-order valence-electron chi connectivity index (χ2n) is 6.79. The maximum absolute atomic E-state index is 12.3. The van der Waals surface area contributed by atoms with Crippen molar-refractivity contribution in [3.63, 3.8) is 0 Å². The van der Waals surface area contributed by atoms with Crippen LogP contribution in [0.1, 0.15) is 22.5 Å². The van der Waals surface area contributed by atoms with Crippen LogP contribution in [0.5, 0.6) is 0 Å². The molecule has 0 aliphatic heterocycles. The molecular formula is C22H25N3O4S. The Balaban J connectivity index is 1.46. The molecule has 1 aromatic heterocycles. The number of furan rings is 1. The highest BCUT2D eigenvalue weighted by Gasteiger charge is 2.15. The van der Waals surface area contributed by atoms with E-state index in [9.17, 15) is 13.2 Å². The largest absolute Gasteiger partial charge is 0.468 e. The molecule has 158 valence electrons. The van der Waals surface area contributed by atoms with Gasteiger partial charge in [0.2, 0.25) is 10.0 Å². The number of nitrogens with one attached hydrogen (secondary N) is 2. The van der Waals surface area contributed by atoms with Crippen molar-refractivity contribution in [1.29, 1.82) is 0 Å². The molecular weight excluding hydrogens is 402 g/mol. The molecule has 7 nitrogen and oxygen atoms in total. The zero-order valence-corrected chi connectivity index (χ0v) is 17.6. The maximum atomic E-state index is 12.3. The van der Waals surface area contributed by atoms with Gasteiger partial charge in [-0.3, -0.25) is 4.79 Å². The third kappa shape index (κ3) is 5.95. The molecule has 0 unspecified atom stereocenters. The lowest BCUT2D eigenvalue weighted by Crippen LogP contribution is -2.28. The summed E-state index contributed by atoms with van der Waals surface area (Å²) in [7, 11) is -1.67. The molecule has 0 bridgehead atoms. The maximum Gasteiger partial charge on any atom is 0.251 e. The standard InChI is InChI=1S/C22H25N3O4S/c1-25(19-7-3-2-4-8-19)15-6-14-23-22(26)18-10-12-21(13-11-18)30(27,28)24-17-20-9-5-16-29-20/h2-5,7-13,16,24H,6,14-15,17H2,1H3,(H,23,26). The average molecular weight is 428 g/mol. The van der Waals surface area contributed by atoms with Gasteiger partial charge in [-0.05, 0) is 55.0 Å². The van der Waals surface area contributed by atoms with Crippen LogP contribution in [0.2, 0.25) is 0 Å². The number of rotatable bonds is 10. The van der Waals surface area contributed by atoms with E-state index in [-0.39, 0.29) is 17.3 Å². The summed E-state index contributed by atoms with van der Waals surface area (Å²) in [4.78, 5) is 14.5. The minimum absolute atomic E-state index is 0.0645.